The van der Waals surface area contributed by atoms with Crippen molar-refractivity contribution >= 4 is 138 Å². The third kappa shape index (κ3) is 5.08. The molecule has 0 amide bonds. The van der Waals surface area contributed by atoms with Crippen molar-refractivity contribution in [2.75, 3.05) is 4.90 Å². The number of nitrogens with zero attached hydrogens (tertiary/aromatic N) is 3. The van der Waals surface area contributed by atoms with Gasteiger partial charge in [-0.15, -0.1) is 11.3 Å². The monoisotopic (exact) mass is 921 g/mol. The molecular formula is C64H57B2N3S. The molecule has 70 heavy (non-hydrogen) atoms. The molecule has 8 aromatic carbocycles. The highest BCUT2D eigenvalue weighted by atomic mass is 32.1. The molecule has 7 heterocycles. The molecule has 15 rings (SSSR count). The second-order valence-corrected chi connectivity index (χ2v) is 26.4. The first-order valence-corrected chi connectivity index (χ1v) is 26.4. The van der Waals surface area contributed by atoms with Crippen LogP contribution in [0.4, 0.5) is 17.1 Å². The summed E-state index contributed by atoms with van der Waals surface area (Å²) in [6.07, 6.45) is 0. The van der Waals surface area contributed by atoms with Crippen LogP contribution in [0.1, 0.15) is 105 Å². The molecule has 6 heteroatoms. The van der Waals surface area contributed by atoms with E-state index >= 15 is 0 Å². The second kappa shape index (κ2) is 12.9. The molecule has 0 radical (unpaired) electrons. The zero-order valence-corrected chi connectivity index (χ0v) is 43.3. The summed E-state index contributed by atoms with van der Waals surface area (Å²) in [6.45, 7) is 28.4. The number of benzene rings is 8. The predicted molar refractivity (Wildman–Crippen MR) is 307 cm³/mol. The molecule has 0 bridgehead atoms. The van der Waals surface area contributed by atoms with Gasteiger partial charge in [-0.05, 0) is 125 Å². The second-order valence-electron chi connectivity index (χ2n) is 25.4. The third-order valence-corrected chi connectivity index (χ3v) is 18.3. The number of hydrogen-bond donors (Lipinski definition) is 0. The van der Waals surface area contributed by atoms with Crippen molar-refractivity contribution in [2.45, 2.75) is 105 Å². The van der Waals surface area contributed by atoms with E-state index < -0.39 is 0 Å². The largest absolute Gasteiger partial charge is 0.311 e. The Kier molecular flexibility index (Phi) is 7.60. The highest BCUT2D eigenvalue weighted by Gasteiger charge is 2.50. The smallest absolute Gasteiger partial charge is 0.252 e. The summed E-state index contributed by atoms with van der Waals surface area (Å²) < 4.78 is 8.25. The van der Waals surface area contributed by atoms with Crippen molar-refractivity contribution in [3.05, 3.63) is 150 Å². The van der Waals surface area contributed by atoms with Gasteiger partial charge in [-0.3, -0.25) is 0 Å². The molecule has 0 atom stereocenters. The van der Waals surface area contributed by atoms with Crippen LogP contribution in [0.15, 0.2) is 127 Å². The summed E-state index contributed by atoms with van der Waals surface area (Å²) in [4.78, 5) is 2.65. The Balaban J connectivity index is 1.19. The SMILES string of the molecule is CC(C)(C)c1ccc(N2c3ccc(C(C)(C)C)cc3B3c4c2cc2c5c4-n4c6c(cccc6c6c7sc8ccccc8c7cc3c64)B5c3cc(C(C)(C)C)cc4c5cc(C(C)(C)C)ccc5n-2c34)cc1. The van der Waals surface area contributed by atoms with Gasteiger partial charge in [-0.2, -0.15) is 0 Å². The lowest BCUT2D eigenvalue weighted by Gasteiger charge is -2.45. The van der Waals surface area contributed by atoms with Gasteiger partial charge in [0.15, 0.2) is 0 Å². The topological polar surface area (TPSA) is 13.1 Å². The number of fused-ring (bicyclic) bond motifs is 14. The van der Waals surface area contributed by atoms with Crippen LogP contribution in [0.5, 0.6) is 0 Å². The normalized spacial score (nSPS) is 14.8. The lowest BCUT2D eigenvalue weighted by molar-refractivity contribution is 0.590. The average molecular weight is 922 g/mol. The van der Waals surface area contributed by atoms with Crippen molar-refractivity contribution in [1.29, 1.82) is 0 Å². The van der Waals surface area contributed by atoms with E-state index in [-0.39, 0.29) is 35.1 Å². The van der Waals surface area contributed by atoms with Gasteiger partial charge in [0.05, 0.1) is 11.0 Å². The van der Waals surface area contributed by atoms with E-state index in [1.807, 2.05) is 11.3 Å². The standard InChI is InChI=1S/C64H57B2N3S/c1-61(2,3)34-20-24-38(25-21-34)67-49-27-23-36(63(7,8)9)30-45(49)66-47-32-43-39-16-13-14-19-52(39)70-60(43)53-40-17-15-18-44-56(40)69(58(47)53)59-54(66)50(67)33-51-55(59)65(44)46-31-37(64(10,11)12)29-42-41-28-35(62(4,5)6)22-26-48(41)68(51)57(42)46/h13-33H,1-12H3. The van der Waals surface area contributed by atoms with Gasteiger partial charge in [0.2, 0.25) is 0 Å². The first-order chi connectivity index (χ1) is 33.3. The van der Waals surface area contributed by atoms with Crippen LogP contribution in [-0.2, 0) is 21.7 Å². The summed E-state index contributed by atoms with van der Waals surface area (Å²) >= 11 is 1.98. The summed E-state index contributed by atoms with van der Waals surface area (Å²) in [5.74, 6) is 0. The fourth-order valence-electron chi connectivity index (χ4n) is 13.5. The summed E-state index contributed by atoms with van der Waals surface area (Å²) in [5.41, 5.74) is 25.8. The Morgan fingerprint density at radius 2 is 1.00 bits per heavy atom. The molecule has 0 N–H and O–H groups in total. The molecule has 4 aliphatic rings. The van der Waals surface area contributed by atoms with E-state index in [1.54, 1.807) is 0 Å². The molecule has 340 valence electrons. The fourth-order valence-corrected chi connectivity index (χ4v) is 14.7. The predicted octanol–water partition coefficient (Wildman–Crippen LogP) is 13.2. The number of rotatable bonds is 1. The Hall–Kier alpha value is -6.49. The van der Waals surface area contributed by atoms with Gasteiger partial charge >= 0.3 is 0 Å². The van der Waals surface area contributed by atoms with Crippen LogP contribution in [0.25, 0.3) is 75.2 Å². The highest BCUT2D eigenvalue weighted by molar-refractivity contribution is 7.27. The van der Waals surface area contributed by atoms with E-state index in [0.29, 0.717) is 0 Å². The van der Waals surface area contributed by atoms with Gasteiger partial charge in [0.25, 0.3) is 13.4 Å². The van der Waals surface area contributed by atoms with Crippen LogP contribution in [0.3, 0.4) is 0 Å². The highest BCUT2D eigenvalue weighted by Crippen LogP contribution is 2.49. The molecule has 0 aliphatic carbocycles. The molecular weight excluding hydrogens is 864 g/mol. The zero-order chi connectivity index (χ0) is 48.0. The van der Waals surface area contributed by atoms with E-state index in [2.05, 4.69) is 225 Å². The maximum Gasteiger partial charge on any atom is 0.252 e. The van der Waals surface area contributed by atoms with Crippen molar-refractivity contribution in [3.63, 3.8) is 0 Å². The molecule has 3 aromatic heterocycles. The minimum Gasteiger partial charge on any atom is -0.311 e. The summed E-state index contributed by atoms with van der Waals surface area (Å²) in [6, 6.07) is 51.2. The average Bonchev–Trinajstić information content (AvgIpc) is 3.98. The van der Waals surface area contributed by atoms with Gasteiger partial charge in [-0.25, -0.2) is 0 Å². The summed E-state index contributed by atoms with van der Waals surface area (Å²) in [5, 5.41) is 8.22. The maximum atomic E-state index is 2.79. The minimum absolute atomic E-state index is 0.00986. The van der Waals surface area contributed by atoms with Gasteiger partial charge in [0, 0.05) is 81.2 Å². The van der Waals surface area contributed by atoms with E-state index in [0.717, 1.165) is 0 Å². The quantitative estimate of drug-likeness (QED) is 0.150. The van der Waals surface area contributed by atoms with E-state index in [1.165, 1.54) is 147 Å². The number of hydrogen-bond acceptors (Lipinski definition) is 2. The Labute approximate surface area is 415 Å². The molecule has 0 fully saturated rings. The minimum atomic E-state index is -0.0506. The van der Waals surface area contributed by atoms with Crippen molar-refractivity contribution < 1.29 is 0 Å². The van der Waals surface area contributed by atoms with Crippen molar-refractivity contribution in [1.82, 2.24) is 9.13 Å². The molecule has 0 saturated heterocycles. The van der Waals surface area contributed by atoms with Crippen molar-refractivity contribution in [2.24, 2.45) is 0 Å². The number of anilines is 3. The van der Waals surface area contributed by atoms with Crippen LogP contribution in [0.2, 0.25) is 0 Å². The molecule has 4 aliphatic heterocycles. The Morgan fingerprint density at radius 3 is 1.74 bits per heavy atom. The summed E-state index contributed by atoms with van der Waals surface area (Å²) in [7, 11) is 0. The number of thiophene rings is 1. The Morgan fingerprint density at radius 1 is 0.400 bits per heavy atom. The number of aromatic nitrogens is 2. The molecule has 0 spiro atoms. The van der Waals surface area contributed by atoms with Gasteiger partial charge in [-0.1, -0.05) is 162 Å². The first kappa shape index (κ1) is 41.3. The molecule has 0 unspecified atom stereocenters. The maximum absolute atomic E-state index is 2.79. The van der Waals surface area contributed by atoms with Gasteiger partial charge < -0.3 is 14.0 Å². The first-order valence-electron chi connectivity index (χ1n) is 25.6. The Bertz CT molecular complexity index is 4230. The lowest BCUT2D eigenvalue weighted by atomic mass is 9.29. The molecule has 3 nitrogen and oxygen atoms in total. The van der Waals surface area contributed by atoms with E-state index in [4.69, 9.17) is 0 Å². The van der Waals surface area contributed by atoms with Crippen LogP contribution < -0.4 is 37.7 Å². The molecule has 11 aromatic rings. The van der Waals surface area contributed by atoms with Crippen LogP contribution >= 0.6 is 11.3 Å². The van der Waals surface area contributed by atoms with Gasteiger partial charge in [0.1, 0.15) is 0 Å². The molecule has 0 saturated carbocycles. The van der Waals surface area contributed by atoms with Crippen LogP contribution in [0, 0.1) is 0 Å². The lowest BCUT2D eigenvalue weighted by Crippen LogP contribution is -2.67. The third-order valence-electron chi connectivity index (χ3n) is 17.1. The van der Waals surface area contributed by atoms with E-state index in [9.17, 15) is 0 Å². The van der Waals surface area contributed by atoms with Crippen LogP contribution in [-0.4, -0.2) is 22.6 Å². The number of para-hydroxylation sites is 1. The fraction of sp³-hybridized carbons (Fsp3) is 0.250. The zero-order valence-electron chi connectivity index (χ0n) is 42.5. The van der Waals surface area contributed by atoms with Crippen molar-refractivity contribution in [3.8, 4) is 11.4 Å².